The SMILES string of the molecule is CC(C)(C)OC(C)(C)C.CC=CC(O)CCCCCCCC. The molecule has 1 unspecified atom stereocenters. The van der Waals surface area contributed by atoms with Crippen LogP contribution in [-0.2, 0) is 4.74 Å². The third-order valence-electron chi connectivity index (χ3n) is 2.88. The number of allylic oxidation sites excluding steroid dienone is 1. The quantitative estimate of drug-likeness (QED) is 0.422. The van der Waals surface area contributed by atoms with Crippen LogP contribution >= 0.6 is 0 Å². The van der Waals surface area contributed by atoms with Gasteiger partial charge in [0.15, 0.2) is 0 Å². The van der Waals surface area contributed by atoms with Gasteiger partial charge in [-0.05, 0) is 54.9 Å². The van der Waals surface area contributed by atoms with Crippen molar-refractivity contribution in [1.29, 1.82) is 0 Å². The maximum absolute atomic E-state index is 9.37. The summed E-state index contributed by atoms with van der Waals surface area (Å²) >= 11 is 0. The second kappa shape index (κ2) is 13.1. The molecule has 0 aromatic carbocycles. The highest BCUT2D eigenvalue weighted by atomic mass is 16.5. The van der Waals surface area contributed by atoms with Crippen molar-refractivity contribution in [2.24, 2.45) is 0 Å². The highest BCUT2D eigenvalue weighted by Crippen LogP contribution is 2.18. The van der Waals surface area contributed by atoms with Gasteiger partial charge in [-0.25, -0.2) is 0 Å². The van der Waals surface area contributed by atoms with Gasteiger partial charge in [0.1, 0.15) is 0 Å². The lowest BCUT2D eigenvalue weighted by molar-refractivity contribution is -0.102. The van der Waals surface area contributed by atoms with E-state index in [0.29, 0.717) is 0 Å². The number of aliphatic hydroxyl groups is 1. The van der Waals surface area contributed by atoms with Crippen LogP contribution in [0.4, 0.5) is 0 Å². The van der Waals surface area contributed by atoms with Crippen LogP contribution < -0.4 is 0 Å². The molecule has 0 spiro atoms. The standard InChI is InChI=1S/C12H24O.C8H18O/c1-3-5-6-7-8-9-11-12(13)10-4-2;1-7(2,3)9-8(4,5)6/h4,10,12-13H,3,5-9,11H2,1-2H3;1-6H3. The van der Waals surface area contributed by atoms with Crippen molar-refractivity contribution in [3.05, 3.63) is 12.2 Å². The first-order valence-electron chi connectivity index (χ1n) is 9.03. The molecule has 2 heteroatoms. The molecule has 0 rings (SSSR count). The van der Waals surface area contributed by atoms with E-state index in [0.717, 1.165) is 12.8 Å². The Kier molecular flexibility index (Phi) is 14.3. The first-order chi connectivity index (χ1) is 10.0. The Morgan fingerprint density at radius 1 is 0.864 bits per heavy atom. The minimum atomic E-state index is -0.212. The third-order valence-corrected chi connectivity index (χ3v) is 2.88. The van der Waals surface area contributed by atoms with Gasteiger partial charge in [0.25, 0.3) is 0 Å². The van der Waals surface area contributed by atoms with Crippen LogP contribution in [0.15, 0.2) is 12.2 Å². The predicted octanol–water partition coefficient (Wildman–Crippen LogP) is 6.27. The third kappa shape index (κ3) is 24.7. The van der Waals surface area contributed by atoms with Gasteiger partial charge in [-0.2, -0.15) is 0 Å². The summed E-state index contributed by atoms with van der Waals surface area (Å²) in [5.41, 5.74) is -0.0312. The average Bonchev–Trinajstić information content (AvgIpc) is 2.30. The molecule has 0 aliphatic carbocycles. The monoisotopic (exact) mass is 314 g/mol. The van der Waals surface area contributed by atoms with Crippen LogP contribution in [0.5, 0.6) is 0 Å². The van der Waals surface area contributed by atoms with Gasteiger partial charge < -0.3 is 9.84 Å². The molecule has 0 fully saturated rings. The van der Waals surface area contributed by atoms with Gasteiger partial charge >= 0.3 is 0 Å². The first-order valence-corrected chi connectivity index (χ1v) is 9.03. The number of hydrogen-bond donors (Lipinski definition) is 1. The molecule has 0 aromatic heterocycles. The summed E-state index contributed by atoms with van der Waals surface area (Å²) in [7, 11) is 0. The van der Waals surface area contributed by atoms with Crippen molar-refractivity contribution in [3.63, 3.8) is 0 Å². The summed E-state index contributed by atoms with van der Waals surface area (Å²) in [6.45, 7) is 16.6. The van der Waals surface area contributed by atoms with Crippen molar-refractivity contribution in [3.8, 4) is 0 Å². The minimum Gasteiger partial charge on any atom is -0.389 e. The van der Waals surface area contributed by atoms with E-state index in [9.17, 15) is 5.11 Å². The molecule has 2 nitrogen and oxygen atoms in total. The lowest BCUT2D eigenvalue weighted by atomic mass is 10.1. The number of unbranched alkanes of at least 4 members (excludes halogenated alkanes) is 5. The highest BCUT2D eigenvalue weighted by molar-refractivity contribution is 4.84. The Morgan fingerprint density at radius 2 is 1.32 bits per heavy atom. The highest BCUT2D eigenvalue weighted by Gasteiger charge is 2.19. The molecule has 0 aromatic rings. The summed E-state index contributed by atoms with van der Waals surface area (Å²) < 4.78 is 5.62. The van der Waals surface area contributed by atoms with Gasteiger partial charge in [0.2, 0.25) is 0 Å². The van der Waals surface area contributed by atoms with Crippen LogP contribution in [0.1, 0.15) is 100 Å². The van der Waals surface area contributed by atoms with Crippen LogP contribution in [0.25, 0.3) is 0 Å². The largest absolute Gasteiger partial charge is 0.389 e. The van der Waals surface area contributed by atoms with Gasteiger partial charge in [0, 0.05) is 0 Å². The first kappa shape index (κ1) is 23.9. The molecule has 0 amide bonds. The molecule has 0 aliphatic heterocycles. The summed E-state index contributed by atoms with van der Waals surface area (Å²) in [6.07, 6.45) is 12.3. The van der Waals surface area contributed by atoms with Crippen LogP contribution in [0.3, 0.4) is 0 Å². The second-order valence-electron chi connectivity index (χ2n) is 7.98. The number of ether oxygens (including phenoxy) is 1. The second-order valence-corrected chi connectivity index (χ2v) is 7.98. The maximum Gasteiger partial charge on any atom is 0.0720 e. The van der Waals surface area contributed by atoms with E-state index in [-0.39, 0.29) is 17.3 Å². The van der Waals surface area contributed by atoms with E-state index < -0.39 is 0 Å². The molecule has 0 radical (unpaired) electrons. The molecule has 0 saturated heterocycles. The van der Waals surface area contributed by atoms with Crippen molar-refractivity contribution in [2.45, 2.75) is 118 Å². The van der Waals surface area contributed by atoms with E-state index in [2.05, 4.69) is 48.5 Å². The Morgan fingerprint density at radius 3 is 1.68 bits per heavy atom. The Labute approximate surface area is 140 Å². The van der Waals surface area contributed by atoms with Crippen molar-refractivity contribution in [1.82, 2.24) is 0 Å². The predicted molar refractivity (Wildman–Crippen MR) is 99.4 cm³/mol. The fourth-order valence-corrected chi connectivity index (χ4v) is 2.37. The number of rotatable bonds is 8. The molecule has 0 bridgehead atoms. The Bertz CT molecular complexity index is 244. The zero-order valence-corrected chi connectivity index (χ0v) is 16.5. The van der Waals surface area contributed by atoms with Crippen LogP contribution in [0, 0.1) is 0 Å². The summed E-state index contributed by atoms with van der Waals surface area (Å²) in [6, 6.07) is 0. The van der Waals surface area contributed by atoms with Gasteiger partial charge in [-0.3, -0.25) is 0 Å². The topological polar surface area (TPSA) is 29.5 Å². The fraction of sp³-hybridized carbons (Fsp3) is 0.900. The normalized spacial score (nSPS) is 13.9. The molecule has 0 saturated carbocycles. The summed E-state index contributed by atoms with van der Waals surface area (Å²) in [5, 5.41) is 9.37. The molecular formula is C20H42O2. The van der Waals surface area contributed by atoms with Crippen molar-refractivity contribution < 1.29 is 9.84 Å². The van der Waals surface area contributed by atoms with E-state index in [1.54, 1.807) is 0 Å². The number of hydrogen-bond acceptors (Lipinski definition) is 2. The van der Waals surface area contributed by atoms with Gasteiger partial charge in [-0.15, -0.1) is 0 Å². The van der Waals surface area contributed by atoms with Crippen molar-refractivity contribution >= 4 is 0 Å². The summed E-state index contributed by atoms with van der Waals surface area (Å²) in [4.78, 5) is 0. The zero-order valence-electron chi connectivity index (χ0n) is 16.5. The molecule has 1 N–H and O–H groups in total. The molecule has 1 atom stereocenters. The smallest absolute Gasteiger partial charge is 0.0720 e. The lowest BCUT2D eigenvalue weighted by Crippen LogP contribution is -2.31. The maximum atomic E-state index is 9.37. The Balaban J connectivity index is 0. The van der Waals surface area contributed by atoms with Crippen LogP contribution in [0.2, 0.25) is 0 Å². The van der Waals surface area contributed by atoms with Gasteiger partial charge in [0.05, 0.1) is 17.3 Å². The van der Waals surface area contributed by atoms with Gasteiger partial charge in [-0.1, -0.05) is 57.6 Å². The summed E-state index contributed by atoms with van der Waals surface area (Å²) in [5.74, 6) is 0. The van der Waals surface area contributed by atoms with E-state index in [4.69, 9.17) is 4.74 Å². The number of aliphatic hydroxyl groups excluding tert-OH is 1. The van der Waals surface area contributed by atoms with E-state index in [1.807, 2.05) is 19.1 Å². The van der Waals surface area contributed by atoms with Crippen molar-refractivity contribution in [2.75, 3.05) is 0 Å². The van der Waals surface area contributed by atoms with Crippen LogP contribution in [-0.4, -0.2) is 22.4 Å². The molecule has 22 heavy (non-hydrogen) atoms. The molecule has 0 aliphatic rings. The molecule has 134 valence electrons. The zero-order chi connectivity index (χ0) is 17.6. The lowest BCUT2D eigenvalue weighted by Gasteiger charge is -2.30. The molecular weight excluding hydrogens is 272 g/mol. The molecule has 0 heterocycles. The average molecular weight is 315 g/mol. The van der Waals surface area contributed by atoms with E-state index in [1.165, 1.54) is 32.1 Å². The minimum absolute atomic E-state index is 0.0156. The Hall–Kier alpha value is -0.340. The fourth-order valence-electron chi connectivity index (χ4n) is 2.37. The van der Waals surface area contributed by atoms with E-state index >= 15 is 0 Å².